The molecule has 2 heterocycles. The number of nitrogens with one attached hydrogen (secondary N) is 1. The van der Waals surface area contributed by atoms with Crippen molar-refractivity contribution in [3.05, 3.63) is 45.3 Å². The van der Waals surface area contributed by atoms with E-state index in [1.807, 2.05) is 46.0 Å². The minimum atomic E-state index is -0.480. The largest absolute Gasteiger partial charge is 0.443 e. The van der Waals surface area contributed by atoms with Crippen LogP contribution in [0.1, 0.15) is 20.8 Å². The third-order valence-corrected chi connectivity index (χ3v) is 6.03. The number of anilines is 4. The first-order valence-electron chi connectivity index (χ1n) is 10.3. The number of carbonyl (C=O) groups is 1. The highest BCUT2D eigenvalue weighted by Gasteiger charge is 2.29. The Bertz CT molecular complexity index is 946. The van der Waals surface area contributed by atoms with Crippen molar-refractivity contribution in [2.45, 2.75) is 26.4 Å². The van der Waals surface area contributed by atoms with Gasteiger partial charge in [-0.15, -0.1) is 0 Å². The third-order valence-electron chi connectivity index (χ3n) is 5.04. The van der Waals surface area contributed by atoms with Crippen molar-refractivity contribution in [1.29, 1.82) is 0 Å². The average molecular weight is 554 g/mol. The van der Waals surface area contributed by atoms with E-state index >= 15 is 0 Å². The van der Waals surface area contributed by atoms with Gasteiger partial charge in [-0.2, -0.15) is 0 Å². The summed E-state index contributed by atoms with van der Waals surface area (Å²) in [5.41, 5.74) is 3.95. The number of likely N-dealkylation sites (N-methyl/N-ethyl adjacent to an activating group) is 2. The van der Waals surface area contributed by atoms with Crippen LogP contribution in [0.15, 0.2) is 45.3 Å². The molecular weight excluding hydrogens is 524 g/mol. The Labute approximate surface area is 201 Å². The quantitative estimate of drug-likeness (QED) is 0.436. The predicted molar refractivity (Wildman–Crippen MR) is 137 cm³/mol. The van der Waals surface area contributed by atoms with E-state index in [2.05, 4.69) is 72.2 Å². The molecule has 4 rings (SSSR count). The molecule has 1 N–H and O–H groups in total. The Balaban J connectivity index is 0.000000194. The van der Waals surface area contributed by atoms with Gasteiger partial charge in [0.2, 0.25) is 0 Å². The first-order valence-corrected chi connectivity index (χ1v) is 11.9. The van der Waals surface area contributed by atoms with Crippen LogP contribution in [-0.2, 0) is 4.74 Å². The first-order chi connectivity index (χ1) is 14.5. The van der Waals surface area contributed by atoms with E-state index in [-0.39, 0.29) is 6.09 Å². The van der Waals surface area contributed by atoms with Crippen molar-refractivity contribution in [2.24, 2.45) is 0 Å². The second-order valence-electron chi connectivity index (χ2n) is 8.70. The van der Waals surface area contributed by atoms with Crippen molar-refractivity contribution in [1.82, 2.24) is 0 Å². The molecule has 0 aliphatic carbocycles. The number of carbonyl (C=O) groups excluding carboxylic acids is 1. The van der Waals surface area contributed by atoms with Crippen LogP contribution in [-0.4, -0.2) is 52.0 Å². The second-order valence-corrected chi connectivity index (χ2v) is 10.5. The molecule has 0 saturated heterocycles. The van der Waals surface area contributed by atoms with E-state index in [1.54, 1.807) is 4.90 Å². The summed E-state index contributed by atoms with van der Waals surface area (Å²) in [6.07, 6.45) is -0.292. The SMILES string of the molecule is CN1CCN(C(=O)OC(C)(C)C)c2cc(Br)ccc21.CN1CCNc2cc(Br)ccc21. The van der Waals surface area contributed by atoms with Crippen LogP contribution in [0.3, 0.4) is 0 Å². The van der Waals surface area contributed by atoms with Crippen molar-refractivity contribution in [3.63, 3.8) is 0 Å². The molecule has 0 fully saturated rings. The Morgan fingerprint density at radius 3 is 2.19 bits per heavy atom. The van der Waals surface area contributed by atoms with Gasteiger partial charge in [-0.1, -0.05) is 31.9 Å². The number of fused-ring (bicyclic) bond motifs is 2. The van der Waals surface area contributed by atoms with Gasteiger partial charge in [0, 0.05) is 49.2 Å². The molecule has 2 aromatic carbocycles. The maximum Gasteiger partial charge on any atom is 0.414 e. The summed E-state index contributed by atoms with van der Waals surface area (Å²) in [6.45, 7) is 9.17. The smallest absolute Gasteiger partial charge is 0.414 e. The van der Waals surface area contributed by atoms with E-state index in [4.69, 9.17) is 4.74 Å². The lowest BCUT2D eigenvalue weighted by Crippen LogP contribution is -2.44. The molecular formula is C23H30Br2N4O2. The summed E-state index contributed by atoms with van der Waals surface area (Å²) in [5.74, 6) is 0. The van der Waals surface area contributed by atoms with Crippen molar-refractivity contribution < 1.29 is 9.53 Å². The van der Waals surface area contributed by atoms with Gasteiger partial charge in [0.25, 0.3) is 0 Å². The molecule has 0 unspecified atom stereocenters. The van der Waals surface area contributed by atoms with E-state index in [0.717, 1.165) is 40.0 Å². The topological polar surface area (TPSA) is 48.1 Å². The zero-order valence-electron chi connectivity index (χ0n) is 18.7. The van der Waals surface area contributed by atoms with Gasteiger partial charge in [0.15, 0.2) is 0 Å². The van der Waals surface area contributed by atoms with Crippen molar-refractivity contribution >= 4 is 60.7 Å². The fourth-order valence-electron chi connectivity index (χ4n) is 3.49. The molecule has 0 atom stereocenters. The second kappa shape index (κ2) is 9.69. The van der Waals surface area contributed by atoms with Crippen molar-refractivity contribution in [3.8, 4) is 0 Å². The zero-order chi connectivity index (χ0) is 22.8. The Kier molecular flexibility index (Phi) is 7.42. The van der Waals surface area contributed by atoms with E-state index in [0.29, 0.717) is 6.54 Å². The zero-order valence-corrected chi connectivity index (χ0v) is 21.9. The number of ether oxygens (including phenoxy) is 1. The normalized spacial score (nSPS) is 15.3. The highest BCUT2D eigenvalue weighted by atomic mass is 79.9. The van der Waals surface area contributed by atoms with Crippen LogP contribution in [0.5, 0.6) is 0 Å². The minimum absolute atomic E-state index is 0.292. The highest BCUT2D eigenvalue weighted by Crippen LogP contribution is 2.35. The van der Waals surface area contributed by atoms with Crippen LogP contribution in [0.25, 0.3) is 0 Å². The molecule has 2 aromatic rings. The molecule has 0 bridgehead atoms. The number of halogens is 2. The maximum atomic E-state index is 12.3. The van der Waals surface area contributed by atoms with Crippen LogP contribution in [0.4, 0.5) is 27.5 Å². The van der Waals surface area contributed by atoms with Gasteiger partial charge in [0.1, 0.15) is 5.60 Å². The molecule has 2 aliphatic heterocycles. The lowest BCUT2D eigenvalue weighted by Gasteiger charge is -2.36. The monoisotopic (exact) mass is 552 g/mol. The summed E-state index contributed by atoms with van der Waals surface area (Å²) in [5, 5.41) is 3.36. The lowest BCUT2D eigenvalue weighted by molar-refractivity contribution is 0.0580. The van der Waals surface area contributed by atoms with Crippen molar-refractivity contribution in [2.75, 3.05) is 60.3 Å². The predicted octanol–water partition coefficient (Wildman–Crippen LogP) is 5.95. The fraction of sp³-hybridized carbons (Fsp3) is 0.435. The molecule has 0 spiro atoms. The summed E-state index contributed by atoms with van der Waals surface area (Å²) in [4.78, 5) is 18.4. The molecule has 8 heteroatoms. The molecule has 0 radical (unpaired) electrons. The van der Waals surface area contributed by atoms with Gasteiger partial charge in [-0.3, -0.25) is 4.90 Å². The number of hydrogen-bond acceptors (Lipinski definition) is 5. The third kappa shape index (κ3) is 6.07. The first kappa shape index (κ1) is 23.7. The van der Waals surface area contributed by atoms with Gasteiger partial charge in [-0.05, 0) is 57.2 Å². The van der Waals surface area contributed by atoms with Crippen LogP contribution < -0.4 is 20.0 Å². The molecule has 2 aliphatic rings. The van der Waals surface area contributed by atoms with Crippen LogP contribution in [0, 0.1) is 0 Å². The number of hydrogen-bond donors (Lipinski definition) is 1. The van der Waals surface area contributed by atoms with Gasteiger partial charge in [0.05, 0.1) is 22.7 Å². The molecule has 31 heavy (non-hydrogen) atoms. The Morgan fingerprint density at radius 1 is 0.903 bits per heavy atom. The molecule has 6 nitrogen and oxygen atoms in total. The van der Waals surface area contributed by atoms with E-state index < -0.39 is 5.60 Å². The summed E-state index contributed by atoms with van der Waals surface area (Å²) >= 11 is 6.90. The number of nitrogens with zero attached hydrogens (tertiary/aromatic N) is 3. The lowest BCUT2D eigenvalue weighted by atomic mass is 10.2. The van der Waals surface area contributed by atoms with Crippen LogP contribution >= 0.6 is 31.9 Å². The molecule has 0 saturated carbocycles. The highest BCUT2D eigenvalue weighted by molar-refractivity contribution is 9.10. The summed E-state index contributed by atoms with van der Waals surface area (Å²) in [7, 11) is 4.15. The maximum absolute atomic E-state index is 12.3. The molecule has 168 valence electrons. The minimum Gasteiger partial charge on any atom is -0.443 e. The average Bonchev–Trinajstić information content (AvgIpc) is 2.67. The Morgan fingerprint density at radius 2 is 1.52 bits per heavy atom. The summed E-state index contributed by atoms with van der Waals surface area (Å²) in [6, 6.07) is 12.3. The van der Waals surface area contributed by atoms with Gasteiger partial charge in [-0.25, -0.2) is 4.79 Å². The van der Waals surface area contributed by atoms with Gasteiger partial charge < -0.3 is 19.9 Å². The standard InChI is InChI=1S/C14H19BrN2O2.C9H11BrN2/c1-14(2,3)19-13(18)17-8-7-16(4)11-6-5-10(15)9-12(11)17;1-12-5-4-11-8-6-7(10)2-3-9(8)12/h5-6,9H,7-8H2,1-4H3;2-3,6,11H,4-5H2,1H3. The fourth-order valence-corrected chi connectivity index (χ4v) is 4.20. The van der Waals surface area contributed by atoms with Crippen LogP contribution in [0.2, 0.25) is 0 Å². The Hall–Kier alpha value is -1.93. The van der Waals surface area contributed by atoms with E-state index in [9.17, 15) is 4.79 Å². The molecule has 0 aromatic heterocycles. The molecule has 1 amide bonds. The number of benzene rings is 2. The van der Waals surface area contributed by atoms with Gasteiger partial charge >= 0.3 is 6.09 Å². The van der Waals surface area contributed by atoms with E-state index in [1.165, 1.54) is 11.4 Å². The number of rotatable bonds is 0. The number of amides is 1. The summed E-state index contributed by atoms with van der Waals surface area (Å²) < 4.78 is 7.54.